The van der Waals surface area contributed by atoms with Crippen molar-refractivity contribution in [2.75, 3.05) is 21.3 Å². The SMILES string of the molecule is CCCCCCCC1=CO[C@]2(O)[C@]3(OC(=O)c4c(O)cc(C)cc4O3)[C@@]3(C(=O)OC)C=C(OC)[C@]2(Cl)[C@]1(C(=O)OC)C3. The number of halogens is 1. The predicted molar refractivity (Wildman–Crippen MR) is 146 cm³/mol. The molecule has 1 aromatic carbocycles. The number of alkyl halides is 1. The van der Waals surface area contributed by atoms with E-state index in [-0.39, 0.29) is 17.1 Å². The smallest absolute Gasteiger partial charge is 0.349 e. The lowest BCUT2D eigenvalue weighted by atomic mass is 9.43. The van der Waals surface area contributed by atoms with E-state index in [1.165, 1.54) is 38.7 Å². The lowest BCUT2D eigenvalue weighted by Crippen LogP contribution is -2.89. The van der Waals surface area contributed by atoms with Crippen molar-refractivity contribution in [2.45, 2.75) is 75.2 Å². The molecule has 1 aromatic rings. The van der Waals surface area contributed by atoms with Crippen molar-refractivity contribution in [3.05, 3.63) is 46.9 Å². The van der Waals surface area contributed by atoms with E-state index >= 15 is 0 Å². The fraction of sp³-hybridized carbons (Fsp3) is 0.567. The van der Waals surface area contributed by atoms with Gasteiger partial charge in [0, 0.05) is 0 Å². The van der Waals surface area contributed by atoms with Gasteiger partial charge in [-0.15, -0.1) is 11.6 Å². The molecule has 1 saturated carbocycles. The lowest BCUT2D eigenvalue weighted by molar-refractivity contribution is -0.421. The van der Waals surface area contributed by atoms with Gasteiger partial charge < -0.3 is 38.6 Å². The first-order valence-electron chi connectivity index (χ1n) is 13.9. The summed E-state index contributed by atoms with van der Waals surface area (Å²) in [6, 6.07) is 2.77. The standard InChI is InChI=1S/C30H35ClO11/c1-6-7-8-9-10-11-18-15-40-29(36)28(31)21(37-3)14-26(24(34)38-4,16-27(18,28)25(35)39-5)30(29)41-20-13-17(2)12-19(32)22(20)23(33)42-30/h12-15,32,36H,6-11,16H2,1-5H3/t26-,27+,28-,29-,30+/m0/s1. The maximum absolute atomic E-state index is 14.0. The van der Waals surface area contributed by atoms with Gasteiger partial charge in [-0.25, -0.2) is 4.79 Å². The van der Waals surface area contributed by atoms with Gasteiger partial charge in [0.25, 0.3) is 0 Å². The second-order valence-corrected chi connectivity index (χ2v) is 11.8. The van der Waals surface area contributed by atoms with Crippen LogP contribution in [0.25, 0.3) is 0 Å². The third-order valence-corrected chi connectivity index (χ3v) is 9.81. The molecule has 11 nitrogen and oxygen atoms in total. The van der Waals surface area contributed by atoms with Crippen LogP contribution >= 0.6 is 11.6 Å². The fourth-order valence-electron chi connectivity index (χ4n) is 7.13. The van der Waals surface area contributed by atoms with E-state index in [1.807, 2.05) is 0 Å². The number of hydrogen-bond acceptors (Lipinski definition) is 11. The molecular weight excluding hydrogens is 572 g/mol. The third kappa shape index (κ3) is 3.40. The number of phenolic OH excluding ortho intramolecular Hbond substituents is 1. The van der Waals surface area contributed by atoms with Crippen molar-refractivity contribution in [1.82, 2.24) is 0 Å². The number of aliphatic hydroxyl groups is 1. The number of aryl methyl sites for hydroxylation is 1. The van der Waals surface area contributed by atoms with Crippen molar-refractivity contribution in [1.29, 1.82) is 0 Å². The molecule has 4 bridgehead atoms. The lowest BCUT2D eigenvalue weighted by Gasteiger charge is -2.69. The van der Waals surface area contributed by atoms with E-state index in [4.69, 9.17) is 40.0 Å². The highest BCUT2D eigenvalue weighted by Gasteiger charge is 2.95. The molecule has 0 aromatic heterocycles. The second kappa shape index (κ2) is 10.1. The van der Waals surface area contributed by atoms with Crippen LogP contribution in [-0.2, 0) is 33.3 Å². The summed E-state index contributed by atoms with van der Waals surface area (Å²) in [6.45, 7) is 3.75. The van der Waals surface area contributed by atoms with Gasteiger partial charge in [-0.3, -0.25) is 9.59 Å². The summed E-state index contributed by atoms with van der Waals surface area (Å²) < 4.78 is 34.3. The topological polar surface area (TPSA) is 147 Å². The van der Waals surface area contributed by atoms with Crippen molar-refractivity contribution < 1.29 is 53.0 Å². The normalized spacial score (nSPS) is 33.8. The molecule has 2 heterocycles. The summed E-state index contributed by atoms with van der Waals surface area (Å²) in [5, 5.41) is 23.2. The second-order valence-electron chi connectivity index (χ2n) is 11.2. The summed E-state index contributed by atoms with van der Waals surface area (Å²) in [6.07, 6.45) is 6.85. The molecule has 228 valence electrons. The number of carbonyl (C=O) groups is 3. The number of unbranched alkanes of at least 4 members (excludes halogenated alkanes) is 4. The summed E-state index contributed by atoms with van der Waals surface area (Å²) >= 11 is 7.45. The van der Waals surface area contributed by atoms with E-state index in [9.17, 15) is 24.6 Å². The molecule has 0 radical (unpaired) electrons. The summed E-state index contributed by atoms with van der Waals surface area (Å²) in [5.74, 6) is -9.53. The van der Waals surface area contributed by atoms with E-state index in [2.05, 4.69) is 6.92 Å². The zero-order valence-corrected chi connectivity index (χ0v) is 25.0. The van der Waals surface area contributed by atoms with Gasteiger partial charge in [-0.1, -0.05) is 32.6 Å². The van der Waals surface area contributed by atoms with Gasteiger partial charge in [0.2, 0.25) is 0 Å². The van der Waals surface area contributed by atoms with Gasteiger partial charge in [0.15, 0.2) is 10.3 Å². The molecule has 1 fully saturated rings. The minimum Gasteiger partial charge on any atom is -0.507 e. The van der Waals surface area contributed by atoms with Crippen molar-refractivity contribution in [2.24, 2.45) is 10.8 Å². The van der Waals surface area contributed by atoms with E-state index in [0.29, 0.717) is 24.0 Å². The largest absolute Gasteiger partial charge is 0.507 e. The van der Waals surface area contributed by atoms with Crippen molar-refractivity contribution in [3.63, 3.8) is 0 Å². The molecule has 3 aliphatic carbocycles. The van der Waals surface area contributed by atoms with Crippen LogP contribution in [0.2, 0.25) is 0 Å². The molecule has 0 saturated heterocycles. The van der Waals surface area contributed by atoms with E-state index in [1.54, 1.807) is 6.92 Å². The zero-order valence-electron chi connectivity index (χ0n) is 24.2. The van der Waals surface area contributed by atoms with Gasteiger partial charge in [0.05, 0.1) is 27.6 Å². The Balaban J connectivity index is 1.80. The molecular formula is C30H35ClO11. The Bertz CT molecular complexity index is 1400. The van der Waals surface area contributed by atoms with Crippen LogP contribution in [0, 0.1) is 17.8 Å². The van der Waals surface area contributed by atoms with Gasteiger partial charge in [-0.05, 0) is 55.5 Å². The Kier molecular flexibility index (Phi) is 7.21. The maximum Gasteiger partial charge on any atom is 0.349 e. The molecule has 0 unspecified atom stereocenters. The molecule has 1 spiro atoms. The molecule has 6 rings (SSSR count). The quantitative estimate of drug-likeness (QED) is 0.181. The van der Waals surface area contributed by atoms with Crippen LogP contribution in [0.4, 0.5) is 0 Å². The average molecular weight is 607 g/mol. The Morgan fingerprint density at radius 1 is 1.05 bits per heavy atom. The minimum atomic E-state index is -2.96. The first-order chi connectivity index (χ1) is 19.9. The number of aromatic hydroxyl groups is 1. The van der Waals surface area contributed by atoms with Crippen LogP contribution in [0.15, 0.2) is 35.8 Å². The molecule has 5 aliphatic rings. The first kappa shape index (κ1) is 30.0. The van der Waals surface area contributed by atoms with Crippen LogP contribution < -0.4 is 4.74 Å². The maximum atomic E-state index is 14.0. The molecule has 12 heteroatoms. The number of fused-ring (bicyclic) bond motifs is 1. The van der Waals surface area contributed by atoms with E-state index in [0.717, 1.165) is 32.8 Å². The number of carbonyl (C=O) groups excluding carboxylic acids is 3. The number of phenols is 1. The Morgan fingerprint density at radius 3 is 2.38 bits per heavy atom. The Hall–Kier alpha value is -3.44. The highest BCUT2D eigenvalue weighted by molar-refractivity contribution is 6.30. The molecule has 42 heavy (non-hydrogen) atoms. The van der Waals surface area contributed by atoms with Gasteiger partial charge in [-0.2, -0.15) is 0 Å². The Morgan fingerprint density at radius 2 is 1.74 bits per heavy atom. The molecule has 2 aliphatic heterocycles. The van der Waals surface area contributed by atoms with Crippen molar-refractivity contribution in [3.8, 4) is 11.5 Å². The van der Waals surface area contributed by atoms with Crippen LogP contribution in [0.5, 0.6) is 11.5 Å². The summed E-state index contributed by atoms with van der Waals surface area (Å²) in [4.78, 5) is 39.2. The van der Waals surface area contributed by atoms with Crippen LogP contribution in [0.3, 0.4) is 0 Å². The number of ether oxygens (including phenoxy) is 6. The number of methoxy groups -OCH3 is 3. The van der Waals surface area contributed by atoms with Gasteiger partial charge >= 0.3 is 29.5 Å². The third-order valence-electron chi connectivity index (χ3n) is 9.04. The highest BCUT2D eigenvalue weighted by atomic mass is 35.5. The number of esters is 3. The average Bonchev–Trinajstić information content (AvgIpc) is 2.95. The number of hydrogen-bond donors (Lipinski definition) is 2. The number of rotatable bonds is 9. The monoisotopic (exact) mass is 606 g/mol. The van der Waals surface area contributed by atoms with Crippen LogP contribution in [-0.4, -0.2) is 65.9 Å². The first-order valence-corrected chi connectivity index (χ1v) is 14.3. The zero-order chi connectivity index (χ0) is 30.7. The molecule has 0 amide bonds. The number of benzene rings is 1. The van der Waals surface area contributed by atoms with Crippen LogP contribution in [0.1, 0.15) is 67.8 Å². The highest BCUT2D eigenvalue weighted by Crippen LogP contribution is 2.76. The molecule has 2 N–H and O–H groups in total. The van der Waals surface area contributed by atoms with Crippen molar-refractivity contribution >= 4 is 29.5 Å². The summed E-state index contributed by atoms with van der Waals surface area (Å²) in [7, 11) is 3.53. The Labute approximate surface area is 248 Å². The summed E-state index contributed by atoms with van der Waals surface area (Å²) in [5.41, 5.74) is -3.64. The predicted octanol–water partition coefficient (Wildman–Crippen LogP) is 4.15. The minimum absolute atomic E-state index is 0.196. The fourth-order valence-corrected chi connectivity index (χ4v) is 7.69. The molecule has 5 atom stereocenters. The van der Waals surface area contributed by atoms with E-state index < -0.39 is 57.4 Å². The van der Waals surface area contributed by atoms with Gasteiger partial charge in [0.1, 0.15) is 28.2 Å².